The lowest BCUT2D eigenvalue weighted by atomic mass is 10.1. The Morgan fingerprint density at radius 1 is 1.24 bits per heavy atom. The van der Waals surface area contributed by atoms with Gasteiger partial charge in [-0.2, -0.15) is 26.2 Å². The Morgan fingerprint density at radius 3 is 2.70 bits per heavy atom. The van der Waals surface area contributed by atoms with Gasteiger partial charge in [0.25, 0.3) is 10.2 Å². The summed E-state index contributed by atoms with van der Waals surface area (Å²) in [7, 11) is 0.228. The highest BCUT2D eigenvalue weighted by atomic mass is 32.2. The van der Waals surface area contributed by atoms with Crippen LogP contribution in [0.5, 0.6) is 5.88 Å². The van der Waals surface area contributed by atoms with Crippen molar-refractivity contribution in [1.82, 2.24) is 19.3 Å². The van der Waals surface area contributed by atoms with E-state index in [-0.39, 0.29) is 39.8 Å². The van der Waals surface area contributed by atoms with Crippen LogP contribution in [0.2, 0.25) is 0 Å². The fraction of sp³-hybridized carbons (Fsp3) is 0.381. The van der Waals surface area contributed by atoms with Crippen LogP contribution in [0.1, 0.15) is 5.56 Å². The van der Waals surface area contributed by atoms with Crippen LogP contribution in [0.4, 0.5) is 5.69 Å². The molecule has 1 saturated heterocycles. The first-order valence-corrected chi connectivity index (χ1v) is 11.6. The van der Waals surface area contributed by atoms with E-state index in [9.17, 15) is 8.42 Å². The minimum absolute atomic E-state index is 0. The highest BCUT2D eigenvalue weighted by molar-refractivity contribution is 7.86. The lowest BCUT2D eigenvalue weighted by Gasteiger charge is -2.30. The lowest BCUT2D eigenvalue weighted by Crippen LogP contribution is -2.49. The molecule has 33 heavy (non-hydrogen) atoms. The Balaban J connectivity index is 0.00000306. The van der Waals surface area contributed by atoms with Gasteiger partial charge in [-0.25, -0.2) is 15.1 Å². The fourth-order valence-corrected chi connectivity index (χ4v) is 4.41. The smallest absolute Gasteiger partial charge is 0.277 e. The molecule has 2 N–H and O–H groups in total. The summed E-state index contributed by atoms with van der Waals surface area (Å²) < 4.78 is 36.1. The maximum atomic E-state index is 11.6. The molecular formula is C21H28N6O4S2. The summed E-state index contributed by atoms with van der Waals surface area (Å²) in [6, 6.07) is 7.99. The van der Waals surface area contributed by atoms with E-state index < -0.39 is 16.3 Å². The second-order valence-corrected chi connectivity index (χ2v) is 9.39. The molecule has 0 spiro atoms. The number of aromatic nitrogens is 3. The molecule has 1 aliphatic heterocycles. The van der Waals surface area contributed by atoms with E-state index in [1.54, 1.807) is 12.4 Å². The predicted molar refractivity (Wildman–Crippen MR) is 132 cm³/mol. The number of aryl methyl sites for hydroxylation is 1. The summed E-state index contributed by atoms with van der Waals surface area (Å²) >= 11 is 0. The van der Waals surface area contributed by atoms with Crippen molar-refractivity contribution >= 4 is 40.4 Å². The molecule has 3 aromatic rings. The molecule has 10 nitrogen and oxygen atoms in total. The molecule has 0 amide bonds. The van der Waals surface area contributed by atoms with Crippen LogP contribution in [0.25, 0.3) is 22.3 Å². The maximum absolute atomic E-state index is 11.6. The maximum Gasteiger partial charge on any atom is 0.277 e. The molecule has 2 aromatic heterocycles. The number of hydrogen-bond donors (Lipinski definition) is 1. The van der Waals surface area contributed by atoms with E-state index in [2.05, 4.69) is 32.8 Å². The van der Waals surface area contributed by atoms with Gasteiger partial charge >= 0.3 is 0 Å². The van der Waals surface area contributed by atoms with Crippen molar-refractivity contribution in [1.29, 1.82) is 0 Å². The van der Waals surface area contributed by atoms with Crippen molar-refractivity contribution in [3.8, 4) is 17.1 Å². The van der Waals surface area contributed by atoms with Crippen molar-refractivity contribution < 1.29 is 17.9 Å². The zero-order valence-corrected chi connectivity index (χ0v) is 20.5. The zero-order chi connectivity index (χ0) is 22.9. The van der Waals surface area contributed by atoms with Gasteiger partial charge in [-0.15, -0.1) is 0 Å². The molecule has 1 fully saturated rings. The zero-order valence-electron chi connectivity index (χ0n) is 18.7. The first kappa shape index (κ1) is 25.1. The minimum Gasteiger partial charge on any atom is -0.473 e. The first-order chi connectivity index (χ1) is 15.2. The van der Waals surface area contributed by atoms with Gasteiger partial charge < -0.3 is 14.4 Å². The number of nitrogens with two attached hydrogens (primary N) is 1. The molecular weight excluding hydrogens is 464 g/mol. The normalized spacial score (nSPS) is 16.9. The van der Waals surface area contributed by atoms with E-state index in [4.69, 9.17) is 14.6 Å². The monoisotopic (exact) mass is 492 g/mol. The van der Waals surface area contributed by atoms with Crippen molar-refractivity contribution in [2.45, 2.75) is 13.0 Å². The van der Waals surface area contributed by atoms with Crippen molar-refractivity contribution in [2.24, 2.45) is 5.14 Å². The summed E-state index contributed by atoms with van der Waals surface area (Å²) in [5.74, 6) is 0.316. The molecule has 178 valence electrons. The molecule has 0 saturated carbocycles. The summed E-state index contributed by atoms with van der Waals surface area (Å²) in [5, 5.41) is 5.25. The van der Waals surface area contributed by atoms with Crippen molar-refractivity contribution in [3.05, 3.63) is 42.2 Å². The van der Waals surface area contributed by atoms with Gasteiger partial charge in [-0.05, 0) is 30.7 Å². The third-order valence-corrected chi connectivity index (χ3v) is 6.32. The third kappa shape index (κ3) is 5.71. The molecule has 0 aliphatic carbocycles. The Kier molecular flexibility index (Phi) is 7.75. The van der Waals surface area contributed by atoms with Crippen LogP contribution in [0.3, 0.4) is 0 Å². The molecule has 0 unspecified atom stereocenters. The topological polar surface area (TPSA) is 124 Å². The number of fused-ring (bicyclic) bond motifs is 1. The van der Waals surface area contributed by atoms with Gasteiger partial charge in [0.15, 0.2) is 5.52 Å². The lowest BCUT2D eigenvalue weighted by molar-refractivity contribution is -0.0254. The highest BCUT2D eigenvalue weighted by Gasteiger charge is 2.28. The molecule has 1 aromatic carbocycles. The summed E-state index contributed by atoms with van der Waals surface area (Å²) in [6.45, 7) is 2.74. The predicted octanol–water partition coefficient (Wildman–Crippen LogP) is 1.46. The number of benzene rings is 1. The van der Waals surface area contributed by atoms with E-state index in [0.29, 0.717) is 22.6 Å². The summed E-state index contributed by atoms with van der Waals surface area (Å²) in [5.41, 5.74) is 5.06. The fourth-order valence-electron chi connectivity index (χ4n) is 3.70. The van der Waals surface area contributed by atoms with Crippen LogP contribution in [-0.2, 0) is 14.9 Å². The van der Waals surface area contributed by atoms with E-state index in [1.807, 2.05) is 32.3 Å². The van der Waals surface area contributed by atoms with Gasteiger partial charge in [-0.1, -0.05) is 6.07 Å². The second-order valence-electron chi connectivity index (χ2n) is 7.84. The Morgan fingerprint density at radius 2 is 2.00 bits per heavy atom. The van der Waals surface area contributed by atoms with Crippen LogP contribution >= 0.6 is 13.5 Å². The largest absolute Gasteiger partial charge is 0.473 e. The van der Waals surface area contributed by atoms with Crippen LogP contribution in [0, 0.1) is 6.92 Å². The van der Waals surface area contributed by atoms with Gasteiger partial charge in [0, 0.05) is 50.8 Å². The summed E-state index contributed by atoms with van der Waals surface area (Å²) in [4.78, 5) is 15.5. The van der Waals surface area contributed by atoms with Crippen molar-refractivity contribution in [2.75, 3.05) is 45.3 Å². The van der Waals surface area contributed by atoms with Gasteiger partial charge in [0.2, 0.25) is 5.88 Å². The second kappa shape index (κ2) is 10.2. The molecule has 1 aliphatic rings. The number of ether oxygens (including phenoxy) is 2. The van der Waals surface area contributed by atoms with Crippen LogP contribution in [-0.4, -0.2) is 74.2 Å². The number of anilines is 1. The minimum atomic E-state index is -3.78. The van der Waals surface area contributed by atoms with Gasteiger partial charge in [0.05, 0.1) is 17.8 Å². The number of pyridine rings is 1. The van der Waals surface area contributed by atoms with Crippen LogP contribution < -0.4 is 14.8 Å². The highest BCUT2D eigenvalue weighted by Crippen LogP contribution is 2.30. The van der Waals surface area contributed by atoms with Crippen LogP contribution in [0.15, 0.2) is 36.7 Å². The quantitative estimate of drug-likeness (QED) is 0.549. The average molecular weight is 493 g/mol. The van der Waals surface area contributed by atoms with Crippen molar-refractivity contribution in [3.63, 3.8) is 0 Å². The molecule has 4 rings (SSSR count). The number of nitrogens with zero attached hydrogens (tertiary/aromatic N) is 5. The first-order valence-electron chi connectivity index (χ1n) is 10.1. The van der Waals surface area contributed by atoms with Gasteiger partial charge in [0.1, 0.15) is 12.7 Å². The molecule has 1 atom stereocenters. The summed E-state index contributed by atoms with van der Waals surface area (Å²) in [6.07, 6.45) is 2.72. The molecule has 3 heterocycles. The standard InChI is InChI=1S/C21H26N6O4S.H2S/c1-14-10-15(4-5-19(14)26(2)3)17-11-18-20(24-7-6-23-18)21(25-17)31-13-16-12-27(8-9-30-16)32(22,28)29;/h4-7,10-11,16H,8-9,12-13H2,1-3H3,(H2,22,28,29);1H2/t16-;/m0./s1. The molecule has 0 radical (unpaired) electrons. The number of morpholine rings is 1. The van der Waals surface area contributed by atoms with Gasteiger partial charge in [-0.3, -0.25) is 4.98 Å². The number of rotatable bonds is 6. The Hall–Kier alpha value is -2.51. The third-order valence-electron chi connectivity index (χ3n) is 5.27. The Bertz CT molecular complexity index is 1240. The van der Waals surface area contributed by atoms with E-state index in [1.165, 1.54) is 4.31 Å². The molecule has 0 bridgehead atoms. The number of hydrogen-bond acceptors (Lipinski definition) is 8. The SMILES string of the molecule is Cc1cc(-c2cc3nccnc3c(OC[C@@H]3CN(S(N)(=O)=O)CCO3)n2)ccc1N(C)C.S. The van der Waals surface area contributed by atoms with E-state index in [0.717, 1.165) is 16.8 Å². The average Bonchev–Trinajstić information content (AvgIpc) is 2.76. The Labute approximate surface area is 200 Å². The van der Waals surface area contributed by atoms with E-state index >= 15 is 0 Å². The molecule has 12 heteroatoms.